The SMILES string of the molecule is O=C(Cc1ccon1)N1CCC[C@H](Nc2ccccc2)C1. The molecule has 1 atom stereocenters. The number of hydrogen-bond donors (Lipinski definition) is 1. The van der Waals surface area contributed by atoms with E-state index in [1.165, 1.54) is 6.26 Å². The largest absolute Gasteiger partial charge is 0.381 e. The van der Waals surface area contributed by atoms with E-state index >= 15 is 0 Å². The molecule has 0 bridgehead atoms. The van der Waals surface area contributed by atoms with E-state index in [4.69, 9.17) is 4.52 Å². The molecule has 1 amide bonds. The Morgan fingerprint density at radius 1 is 1.33 bits per heavy atom. The number of nitrogens with zero attached hydrogens (tertiary/aromatic N) is 2. The van der Waals surface area contributed by atoms with Crippen molar-refractivity contribution in [3.63, 3.8) is 0 Å². The maximum Gasteiger partial charge on any atom is 0.228 e. The number of benzene rings is 1. The van der Waals surface area contributed by atoms with E-state index in [9.17, 15) is 4.79 Å². The fourth-order valence-electron chi connectivity index (χ4n) is 2.69. The van der Waals surface area contributed by atoms with Crippen molar-refractivity contribution in [3.05, 3.63) is 48.4 Å². The highest BCUT2D eigenvalue weighted by atomic mass is 16.5. The monoisotopic (exact) mass is 285 g/mol. The van der Waals surface area contributed by atoms with Gasteiger partial charge in [0.1, 0.15) is 6.26 Å². The summed E-state index contributed by atoms with van der Waals surface area (Å²) in [6.45, 7) is 1.56. The molecule has 0 aliphatic carbocycles. The molecule has 3 rings (SSSR count). The van der Waals surface area contributed by atoms with Crippen LogP contribution in [-0.2, 0) is 11.2 Å². The number of para-hydroxylation sites is 1. The molecule has 1 aromatic carbocycles. The zero-order chi connectivity index (χ0) is 14.5. The molecule has 1 aliphatic heterocycles. The summed E-state index contributed by atoms with van der Waals surface area (Å²) in [5, 5.41) is 7.30. The third-order valence-electron chi connectivity index (χ3n) is 3.74. The van der Waals surface area contributed by atoms with Gasteiger partial charge in [0.2, 0.25) is 5.91 Å². The lowest BCUT2D eigenvalue weighted by Gasteiger charge is -2.33. The van der Waals surface area contributed by atoms with Crippen molar-refractivity contribution in [1.82, 2.24) is 10.1 Å². The second-order valence-corrected chi connectivity index (χ2v) is 5.36. The number of likely N-dealkylation sites (tertiary alicyclic amines) is 1. The molecule has 0 unspecified atom stereocenters. The van der Waals surface area contributed by atoms with Gasteiger partial charge in [0.05, 0.1) is 12.1 Å². The van der Waals surface area contributed by atoms with Crippen LogP contribution in [0.15, 0.2) is 47.2 Å². The molecular weight excluding hydrogens is 266 g/mol. The molecule has 110 valence electrons. The van der Waals surface area contributed by atoms with Gasteiger partial charge in [0.25, 0.3) is 0 Å². The van der Waals surface area contributed by atoms with Crippen LogP contribution in [0.4, 0.5) is 5.69 Å². The number of rotatable bonds is 4. The fraction of sp³-hybridized carbons (Fsp3) is 0.375. The van der Waals surface area contributed by atoms with E-state index in [1.807, 2.05) is 23.1 Å². The Kier molecular flexibility index (Phi) is 4.19. The van der Waals surface area contributed by atoms with Crippen molar-refractivity contribution in [2.24, 2.45) is 0 Å². The molecule has 1 saturated heterocycles. The molecule has 0 radical (unpaired) electrons. The van der Waals surface area contributed by atoms with Gasteiger partial charge in [-0.3, -0.25) is 4.79 Å². The molecule has 0 spiro atoms. The summed E-state index contributed by atoms with van der Waals surface area (Å²) in [6, 6.07) is 12.2. The van der Waals surface area contributed by atoms with Crippen LogP contribution in [0, 0.1) is 0 Å². The Morgan fingerprint density at radius 2 is 2.19 bits per heavy atom. The van der Waals surface area contributed by atoms with E-state index < -0.39 is 0 Å². The first-order valence-corrected chi connectivity index (χ1v) is 7.30. The van der Waals surface area contributed by atoms with Crippen LogP contribution in [0.25, 0.3) is 0 Å². The number of nitrogens with one attached hydrogen (secondary N) is 1. The van der Waals surface area contributed by atoms with Crippen molar-refractivity contribution in [3.8, 4) is 0 Å². The quantitative estimate of drug-likeness (QED) is 0.936. The van der Waals surface area contributed by atoms with E-state index in [2.05, 4.69) is 22.6 Å². The first-order valence-electron chi connectivity index (χ1n) is 7.30. The van der Waals surface area contributed by atoms with Crippen molar-refractivity contribution in [2.75, 3.05) is 18.4 Å². The maximum absolute atomic E-state index is 12.3. The zero-order valence-electron chi connectivity index (χ0n) is 11.9. The predicted molar refractivity (Wildman–Crippen MR) is 79.9 cm³/mol. The number of aromatic nitrogens is 1. The molecule has 2 heterocycles. The van der Waals surface area contributed by atoms with E-state index in [0.29, 0.717) is 18.2 Å². The van der Waals surface area contributed by atoms with Gasteiger partial charge in [-0.1, -0.05) is 23.4 Å². The Bertz CT molecular complexity index is 568. The average molecular weight is 285 g/mol. The Hall–Kier alpha value is -2.30. The van der Waals surface area contributed by atoms with Crippen molar-refractivity contribution in [1.29, 1.82) is 0 Å². The van der Waals surface area contributed by atoms with Crippen molar-refractivity contribution < 1.29 is 9.32 Å². The first-order chi connectivity index (χ1) is 10.3. The Labute approximate surface area is 123 Å². The van der Waals surface area contributed by atoms with Gasteiger partial charge < -0.3 is 14.7 Å². The first kappa shape index (κ1) is 13.7. The second kappa shape index (κ2) is 6.43. The molecule has 5 nitrogen and oxygen atoms in total. The minimum Gasteiger partial charge on any atom is -0.381 e. The second-order valence-electron chi connectivity index (χ2n) is 5.36. The van der Waals surface area contributed by atoms with Crippen LogP contribution >= 0.6 is 0 Å². The lowest BCUT2D eigenvalue weighted by atomic mass is 10.0. The molecule has 1 aromatic heterocycles. The number of anilines is 1. The molecule has 2 aromatic rings. The number of carbonyl (C=O) groups excluding carboxylic acids is 1. The lowest BCUT2D eigenvalue weighted by molar-refractivity contribution is -0.131. The summed E-state index contributed by atoms with van der Waals surface area (Å²) in [4.78, 5) is 14.2. The van der Waals surface area contributed by atoms with Crippen LogP contribution in [0.3, 0.4) is 0 Å². The molecule has 1 fully saturated rings. The summed E-state index contributed by atoms with van der Waals surface area (Å²) in [5.41, 5.74) is 1.80. The smallest absolute Gasteiger partial charge is 0.228 e. The van der Waals surface area contributed by atoms with Gasteiger partial charge in [-0.2, -0.15) is 0 Å². The number of hydrogen-bond acceptors (Lipinski definition) is 4. The number of piperidine rings is 1. The van der Waals surface area contributed by atoms with Crippen molar-refractivity contribution >= 4 is 11.6 Å². The van der Waals surface area contributed by atoms with Gasteiger partial charge in [-0.25, -0.2) is 0 Å². The average Bonchev–Trinajstić information content (AvgIpc) is 3.01. The minimum atomic E-state index is 0.114. The molecule has 1 N–H and O–H groups in total. The van der Waals surface area contributed by atoms with E-state index in [0.717, 1.165) is 31.6 Å². The highest BCUT2D eigenvalue weighted by Gasteiger charge is 2.24. The Balaban J connectivity index is 1.56. The normalized spacial score (nSPS) is 18.5. The minimum absolute atomic E-state index is 0.114. The topological polar surface area (TPSA) is 58.4 Å². The third kappa shape index (κ3) is 3.62. The highest BCUT2D eigenvalue weighted by molar-refractivity contribution is 5.78. The van der Waals surface area contributed by atoms with Gasteiger partial charge in [-0.15, -0.1) is 0 Å². The van der Waals surface area contributed by atoms with E-state index in [1.54, 1.807) is 6.07 Å². The van der Waals surface area contributed by atoms with Crippen LogP contribution in [0.5, 0.6) is 0 Å². The van der Waals surface area contributed by atoms with Crippen molar-refractivity contribution in [2.45, 2.75) is 25.3 Å². The summed E-state index contributed by atoms with van der Waals surface area (Å²) in [7, 11) is 0. The maximum atomic E-state index is 12.3. The van der Waals surface area contributed by atoms with Gasteiger partial charge in [-0.05, 0) is 25.0 Å². The van der Waals surface area contributed by atoms with Crippen LogP contribution in [0.2, 0.25) is 0 Å². The fourth-order valence-corrected chi connectivity index (χ4v) is 2.69. The molecule has 0 saturated carbocycles. The number of amides is 1. The lowest BCUT2D eigenvalue weighted by Crippen LogP contribution is -2.45. The summed E-state index contributed by atoms with van der Waals surface area (Å²) < 4.78 is 4.77. The van der Waals surface area contributed by atoms with Crippen LogP contribution in [0.1, 0.15) is 18.5 Å². The standard InChI is InChI=1S/C16H19N3O2/c20-16(11-14-8-10-21-18-14)19-9-4-7-15(12-19)17-13-5-2-1-3-6-13/h1-3,5-6,8,10,15,17H,4,7,9,11-12H2/t15-/m0/s1. The van der Waals surface area contributed by atoms with E-state index in [-0.39, 0.29) is 5.91 Å². The van der Waals surface area contributed by atoms with Gasteiger partial charge in [0, 0.05) is 30.9 Å². The molecule has 21 heavy (non-hydrogen) atoms. The number of carbonyl (C=O) groups is 1. The molecular formula is C16H19N3O2. The van der Waals surface area contributed by atoms with Gasteiger partial charge >= 0.3 is 0 Å². The Morgan fingerprint density at radius 3 is 2.95 bits per heavy atom. The highest BCUT2D eigenvalue weighted by Crippen LogP contribution is 2.16. The zero-order valence-corrected chi connectivity index (χ0v) is 11.9. The van der Waals surface area contributed by atoms with Crippen LogP contribution in [-0.4, -0.2) is 35.1 Å². The summed E-state index contributed by atoms with van der Waals surface area (Å²) >= 11 is 0. The summed E-state index contributed by atoms with van der Waals surface area (Å²) in [6.07, 6.45) is 3.92. The molecule has 5 heteroatoms. The predicted octanol–water partition coefficient (Wildman–Crippen LogP) is 2.32. The van der Waals surface area contributed by atoms with Gasteiger partial charge in [0.15, 0.2) is 0 Å². The third-order valence-corrected chi connectivity index (χ3v) is 3.74. The summed E-state index contributed by atoms with van der Waals surface area (Å²) in [5.74, 6) is 0.114. The van der Waals surface area contributed by atoms with Crippen LogP contribution < -0.4 is 5.32 Å². The molecule has 1 aliphatic rings.